The second-order valence-electron chi connectivity index (χ2n) is 4.32. The van der Waals surface area contributed by atoms with E-state index in [9.17, 15) is 0 Å². The quantitative estimate of drug-likeness (QED) is 0.520. The molecule has 0 aliphatic heterocycles. The van der Waals surface area contributed by atoms with Gasteiger partial charge in [-0.05, 0) is 44.0 Å². The molecule has 1 rings (SSSR count). The third-order valence-corrected chi connectivity index (χ3v) is 3.27. The van der Waals surface area contributed by atoms with Crippen molar-refractivity contribution in [3.8, 4) is 0 Å². The zero-order chi connectivity index (χ0) is 12.5. The molecule has 94 valence electrons. The number of unbranched alkanes of at least 4 members (excludes halogenated alkanes) is 3. The Hall–Kier alpha value is -0.790. The molecule has 1 nitrogen and oxygen atoms in total. The van der Waals surface area contributed by atoms with Crippen molar-refractivity contribution in [1.82, 2.24) is 5.32 Å². The third kappa shape index (κ3) is 5.38. The summed E-state index contributed by atoms with van der Waals surface area (Å²) < 4.78 is 0. The number of hydrogen-bond donors (Lipinski definition) is 1. The van der Waals surface area contributed by atoms with Gasteiger partial charge < -0.3 is 5.32 Å². The summed E-state index contributed by atoms with van der Waals surface area (Å²) in [6, 6.07) is 8.56. The normalized spacial score (nSPS) is 12.4. The van der Waals surface area contributed by atoms with E-state index in [0.29, 0.717) is 6.04 Å². The standard InChI is InChI=1S/C15H22ClN/c1-3-4-5-6-7-8-15(17-2)13-9-11-14(16)12-10-13/h3,9-12,15,17H,1,4-8H2,2H3. The Balaban J connectivity index is 2.37. The summed E-state index contributed by atoms with van der Waals surface area (Å²) in [6.45, 7) is 3.74. The third-order valence-electron chi connectivity index (χ3n) is 3.02. The Labute approximate surface area is 110 Å². The van der Waals surface area contributed by atoms with Crippen molar-refractivity contribution >= 4 is 11.6 Å². The number of hydrogen-bond acceptors (Lipinski definition) is 1. The molecule has 0 amide bonds. The predicted octanol–water partition coefficient (Wildman–Crippen LogP) is 4.74. The van der Waals surface area contributed by atoms with E-state index in [-0.39, 0.29) is 0 Å². The van der Waals surface area contributed by atoms with Gasteiger partial charge in [0.1, 0.15) is 0 Å². The molecule has 0 spiro atoms. The molecule has 0 aliphatic rings. The van der Waals surface area contributed by atoms with Gasteiger partial charge in [-0.2, -0.15) is 0 Å². The molecule has 1 unspecified atom stereocenters. The van der Waals surface area contributed by atoms with Crippen LogP contribution in [0.2, 0.25) is 5.02 Å². The van der Waals surface area contributed by atoms with Gasteiger partial charge in [-0.25, -0.2) is 0 Å². The molecule has 0 saturated heterocycles. The van der Waals surface area contributed by atoms with Gasteiger partial charge in [0.05, 0.1) is 0 Å². The molecule has 2 heteroatoms. The highest BCUT2D eigenvalue weighted by Crippen LogP contribution is 2.21. The first-order chi connectivity index (χ1) is 8.27. The zero-order valence-electron chi connectivity index (χ0n) is 10.6. The lowest BCUT2D eigenvalue weighted by Gasteiger charge is -2.16. The van der Waals surface area contributed by atoms with Gasteiger partial charge in [-0.15, -0.1) is 6.58 Å². The lowest BCUT2D eigenvalue weighted by molar-refractivity contribution is 0.508. The summed E-state index contributed by atoms with van der Waals surface area (Å²) in [6.07, 6.45) is 8.08. The summed E-state index contributed by atoms with van der Waals surface area (Å²) in [5.41, 5.74) is 1.32. The summed E-state index contributed by atoms with van der Waals surface area (Å²) in [4.78, 5) is 0. The van der Waals surface area contributed by atoms with E-state index in [1.807, 2.05) is 25.3 Å². The van der Waals surface area contributed by atoms with Crippen LogP contribution in [-0.2, 0) is 0 Å². The minimum atomic E-state index is 0.441. The second-order valence-corrected chi connectivity index (χ2v) is 4.76. The average Bonchev–Trinajstić information content (AvgIpc) is 2.35. The fraction of sp³-hybridized carbons (Fsp3) is 0.467. The Morgan fingerprint density at radius 3 is 2.53 bits per heavy atom. The molecule has 0 saturated carbocycles. The number of allylic oxidation sites excluding steroid dienone is 1. The number of benzene rings is 1. The number of halogens is 1. The van der Waals surface area contributed by atoms with Crippen molar-refractivity contribution in [2.24, 2.45) is 0 Å². The Bertz CT molecular complexity index is 318. The van der Waals surface area contributed by atoms with E-state index in [4.69, 9.17) is 11.6 Å². The van der Waals surface area contributed by atoms with E-state index < -0.39 is 0 Å². The largest absolute Gasteiger partial charge is 0.313 e. The Kier molecular flexibility index (Phi) is 6.99. The molecule has 17 heavy (non-hydrogen) atoms. The molecule has 1 aromatic carbocycles. The summed E-state index contributed by atoms with van der Waals surface area (Å²) >= 11 is 5.89. The highest BCUT2D eigenvalue weighted by Gasteiger charge is 2.08. The van der Waals surface area contributed by atoms with Gasteiger partial charge in [0.15, 0.2) is 0 Å². The van der Waals surface area contributed by atoms with E-state index in [1.165, 1.54) is 31.2 Å². The number of rotatable bonds is 8. The lowest BCUT2D eigenvalue weighted by atomic mass is 10.0. The van der Waals surface area contributed by atoms with Crippen molar-refractivity contribution in [3.63, 3.8) is 0 Å². The van der Waals surface area contributed by atoms with Crippen LogP contribution in [0.25, 0.3) is 0 Å². The molecule has 1 atom stereocenters. The molecule has 1 N–H and O–H groups in total. The van der Waals surface area contributed by atoms with E-state index in [0.717, 1.165) is 11.4 Å². The first-order valence-electron chi connectivity index (χ1n) is 6.31. The maximum atomic E-state index is 5.89. The van der Waals surface area contributed by atoms with Crippen LogP contribution >= 0.6 is 11.6 Å². The first-order valence-corrected chi connectivity index (χ1v) is 6.69. The van der Waals surface area contributed by atoms with Crippen molar-refractivity contribution < 1.29 is 0 Å². The minimum Gasteiger partial charge on any atom is -0.313 e. The van der Waals surface area contributed by atoms with Crippen LogP contribution in [0.15, 0.2) is 36.9 Å². The Morgan fingerprint density at radius 1 is 1.24 bits per heavy atom. The van der Waals surface area contributed by atoms with Gasteiger partial charge >= 0.3 is 0 Å². The van der Waals surface area contributed by atoms with Crippen LogP contribution in [0.1, 0.15) is 43.7 Å². The highest BCUT2D eigenvalue weighted by molar-refractivity contribution is 6.30. The summed E-state index contributed by atoms with van der Waals surface area (Å²) in [5.74, 6) is 0. The van der Waals surface area contributed by atoms with Gasteiger partial charge in [-0.3, -0.25) is 0 Å². The van der Waals surface area contributed by atoms with Crippen molar-refractivity contribution in [2.75, 3.05) is 7.05 Å². The summed E-state index contributed by atoms with van der Waals surface area (Å²) in [5, 5.41) is 4.17. The molecule has 0 heterocycles. The lowest BCUT2D eigenvalue weighted by Crippen LogP contribution is -2.16. The van der Waals surface area contributed by atoms with Crippen LogP contribution in [-0.4, -0.2) is 7.05 Å². The van der Waals surface area contributed by atoms with Gasteiger partial charge in [0.2, 0.25) is 0 Å². The van der Waals surface area contributed by atoms with Gasteiger partial charge in [-0.1, -0.05) is 42.7 Å². The molecule has 0 radical (unpaired) electrons. The van der Waals surface area contributed by atoms with Crippen LogP contribution < -0.4 is 5.32 Å². The molecule has 0 aromatic heterocycles. The fourth-order valence-corrected chi connectivity index (χ4v) is 2.11. The topological polar surface area (TPSA) is 12.0 Å². The SMILES string of the molecule is C=CCCCCCC(NC)c1ccc(Cl)cc1. The van der Waals surface area contributed by atoms with E-state index in [2.05, 4.69) is 24.0 Å². The zero-order valence-corrected chi connectivity index (χ0v) is 11.3. The van der Waals surface area contributed by atoms with Gasteiger partial charge in [0.25, 0.3) is 0 Å². The van der Waals surface area contributed by atoms with Crippen molar-refractivity contribution in [3.05, 3.63) is 47.5 Å². The van der Waals surface area contributed by atoms with Gasteiger partial charge in [0, 0.05) is 11.1 Å². The minimum absolute atomic E-state index is 0.441. The smallest absolute Gasteiger partial charge is 0.0406 e. The van der Waals surface area contributed by atoms with E-state index in [1.54, 1.807) is 0 Å². The average molecular weight is 252 g/mol. The predicted molar refractivity (Wildman–Crippen MR) is 76.5 cm³/mol. The van der Waals surface area contributed by atoms with Crippen LogP contribution in [0, 0.1) is 0 Å². The maximum absolute atomic E-state index is 5.89. The fourth-order valence-electron chi connectivity index (χ4n) is 1.99. The van der Waals surface area contributed by atoms with Crippen molar-refractivity contribution in [2.45, 2.75) is 38.1 Å². The monoisotopic (exact) mass is 251 g/mol. The van der Waals surface area contributed by atoms with E-state index >= 15 is 0 Å². The maximum Gasteiger partial charge on any atom is 0.0406 e. The molecule has 0 aliphatic carbocycles. The number of nitrogens with one attached hydrogen (secondary N) is 1. The second kappa shape index (κ2) is 8.32. The molecule has 0 fully saturated rings. The molecular weight excluding hydrogens is 230 g/mol. The first kappa shape index (κ1) is 14.3. The molecule has 1 aromatic rings. The Morgan fingerprint density at radius 2 is 1.94 bits per heavy atom. The van der Waals surface area contributed by atoms with Crippen LogP contribution in [0.4, 0.5) is 0 Å². The summed E-state index contributed by atoms with van der Waals surface area (Å²) in [7, 11) is 2.02. The molecular formula is C15H22ClN. The van der Waals surface area contributed by atoms with Crippen LogP contribution in [0.3, 0.4) is 0 Å². The molecule has 0 bridgehead atoms. The van der Waals surface area contributed by atoms with Crippen molar-refractivity contribution in [1.29, 1.82) is 0 Å². The van der Waals surface area contributed by atoms with Crippen LogP contribution in [0.5, 0.6) is 0 Å². The highest BCUT2D eigenvalue weighted by atomic mass is 35.5.